The molecule has 0 saturated heterocycles. The summed E-state index contributed by atoms with van der Waals surface area (Å²) in [5, 5.41) is 7.22. The lowest BCUT2D eigenvalue weighted by Gasteiger charge is -2.10. The summed E-state index contributed by atoms with van der Waals surface area (Å²) in [5.74, 6) is 0.900. The largest absolute Gasteiger partial charge is 0.496 e. The van der Waals surface area contributed by atoms with Gasteiger partial charge < -0.3 is 4.74 Å². The number of nitrogens with one attached hydrogen (secondary N) is 1. The molecular formula is C13H16N2O. The van der Waals surface area contributed by atoms with Crippen LogP contribution in [0.5, 0.6) is 5.75 Å². The molecule has 0 bridgehead atoms. The summed E-state index contributed by atoms with van der Waals surface area (Å²) in [7, 11) is 1.70. The fraction of sp³-hybridized carbons (Fsp3) is 0.308. The van der Waals surface area contributed by atoms with E-state index in [1.807, 2.05) is 13.0 Å². The lowest BCUT2D eigenvalue weighted by Crippen LogP contribution is -1.93. The van der Waals surface area contributed by atoms with Gasteiger partial charge in [-0.3, -0.25) is 5.10 Å². The van der Waals surface area contributed by atoms with E-state index in [9.17, 15) is 0 Å². The van der Waals surface area contributed by atoms with Crippen LogP contribution in [0.2, 0.25) is 0 Å². The topological polar surface area (TPSA) is 37.9 Å². The molecule has 0 radical (unpaired) electrons. The van der Waals surface area contributed by atoms with Gasteiger partial charge >= 0.3 is 0 Å². The highest BCUT2D eigenvalue weighted by Crippen LogP contribution is 2.33. The van der Waals surface area contributed by atoms with Gasteiger partial charge in [0.05, 0.1) is 12.8 Å². The maximum atomic E-state index is 5.44. The van der Waals surface area contributed by atoms with Crippen molar-refractivity contribution in [3.8, 4) is 17.0 Å². The third kappa shape index (κ3) is 1.81. The molecule has 1 heterocycles. The Balaban J connectivity index is 2.63. The molecule has 0 spiro atoms. The highest BCUT2D eigenvalue weighted by molar-refractivity contribution is 5.70. The summed E-state index contributed by atoms with van der Waals surface area (Å²) in [6, 6.07) is 6.24. The summed E-state index contributed by atoms with van der Waals surface area (Å²) in [6.45, 7) is 6.12. The van der Waals surface area contributed by atoms with E-state index in [1.54, 1.807) is 7.11 Å². The molecule has 0 unspecified atom stereocenters. The van der Waals surface area contributed by atoms with Crippen LogP contribution in [0.15, 0.2) is 18.2 Å². The minimum Gasteiger partial charge on any atom is -0.496 e. The summed E-state index contributed by atoms with van der Waals surface area (Å²) in [5.41, 5.74) is 5.38. The molecule has 0 amide bonds. The summed E-state index contributed by atoms with van der Waals surface area (Å²) in [4.78, 5) is 0. The van der Waals surface area contributed by atoms with Crippen molar-refractivity contribution in [2.75, 3.05) is 7.11 Å². The van der Waals surface area contributed by atoms with Crippen LogP contribution in [0, 0.1) is 20.8 Å². The molecule has 0 aliphatic heterocycles. The van der Waals surface area contributed by atoms with Gasteiger partial charge in [0.1, 0.15) is 5.75 Å². The maximum Gasteiger partial charge on any atom is 0.131 e. The molecule has 2 aromatic rings. The number of hydrogen-bond acceptors (Lipinski definition) is 2. The Hall–Kier alpha value is -1.77. The Kier molecular flexibility index (Phi) is 2.69. The Labute approximate surface area is 95.5 Å². The number of rotatable bonds is 2. The van der Waals surface area contributed by atoms with E-state index in [2.05, 4.69) is 36.2 Å². The first-order chi connectivity index (χ1) is 7.61. The second-order valence-corrected chi connectivity index (χ2v) is 4.10. The molecular weight excluding hydrogens is 200 g/mol. The molecule has 0 saturated carbocycles. The van der Waals surface area contributed by atoms with Crippen LogP contribution in [0.25, 0.3) is 11.3 Å². The van der Waals surface area contributed by atoms with E-state index >= 15 is 0 Å². The summed E-state index contributed by atoms with van der Waals surface area (Å²) >= 11 is 0. The zero-order valence-corrected chi connectivity index (χ0v) is 10.1. The van der Waals surface area contributed by atoms with E-state index in [0.717, 1.165) is 28.3 Å². The standard InChI is InChI=1S/C13H16N2O/c1-8-5-9(2)13(16-4)11(6-8)12-7-10(3)14-15-12/h5-7H,1-4H3,(H,14,15). The monoisotopic (exact) mass is 216 g/mol. The van der Waals surface area contributed by atoms with Gasteiger partial charge in [0.2, 0.25) is 0 Å². The minimum atomic E-state index is 0.900. The molecule has 16 heavy (non-hydrogen) atoms. The Morgan fingerprint density at radius 1 is 1.12 bits per heavy atom. The third-order valence-electron chi connectivity index (χ3n) is 2.60. The first-order valence-corrected chi connectivity index (χ1v) is 5.29. The molecule has 3 heteroatoms. The first-order valence-electron chi connectivity index (χ1n) is 5.29. The number of aromatic nitrogens is 2. The van der Waals surface area contributed by atoms with Crippen LogP contribution in [0.4, 0.5) is 0 Å². The number of aromatic amines is 1. The summed E-state index contributed by atoms with van der Waals surface area (Å²) in [6.07, 6.45) is 0. The quantitative estimate of drug-likeness (QED) is 0.838. The predicted octanol–water partition coefficient (Wildman–Crippen LogP) is 3.01. The van der Waals surface area contributed by atoms with Gasteiger partial charge in [-0.25, -0.2) is 0 Å². The molecule has 0 aliphatic carbocycles. The zero-order chi connectivity index (χ0) is 11.7. The highest BCUT2D eigenvalue weighted by Gasteiger charge is 2.11. The number of benzene rings is 1. The molecule has 0 fully saturated rings. The second kappa shape index (κ2) is 4.00. The number of nitrogens with zero attached hydrogens (tertiary/aromatic N) is 1. The third-order valence-corrected chi connectivity index (χ3v) is 2.60. The van der Waals surface area contributed by atoms with Gasteiger partial charge in [0, 0.05) is 11.3 Å². The Bertz CT molecular complexity index is 515. The van der Waals surface area contributed by atoms with Gasteiger partial charge in [0.15, 0.2) is 0 Å². The number of ether oxygens (including phenoxy) is 1. The van der Waals surface area contributed by atoms with Crippen LogP contribution in [-0.4, -0.2) is 17.3 Å². The van der Waals surface area contributed by atoms with Crippen LogP contribution < -0.4 is 4.74 Å². The van der Waals surface area contributed by atoms with Crippen LogP contribution in [-0.2, 0) is 0 Å². The van der Waals surface area contributed by atoms with Crippen molar-refractivity contribution in [3.63, 3.8) is 0 Å². The number of H-pyrrole nitrogens is 1. The molecule has 1 N–H and O–H groups in total. The molecule has 0 atom stereocenters. The van der Waals surface area contributed by atoms with Gasteiger partial charge in [-0.15, -0.1) is 0 Å². The normalized spacial score (nSPS) is 10.5. The van der Waals surface area contributed by atoms with E-state index in [1.165, 1.54) is 5.56 Å². The number of methoxy groups -OCH3 is 1. The van der Waals surface area contributed by atoms with Gasteiger partial charge in [-0.1, -0.05) is 6.07 Å². The molecule has 1 aromatic carbocycles. The van der Waals surface area contributed by atoms with E-state index in [4.69, 9.17) is 4.74 Å². The number of hydrogen-bond donors (Lipinski definition) is 1. The van der Waals surface area contributed by atoms with Crippen LogP contribution >= 0.6 is 0 Å². The molecule has 0 aliphatic rings. The van der Waals surface area contributed by atoms with E-state index in [-0.39, 0.29) is 0 Å². The van der Waals surface area contributed by atoms with Crippen molar-refractivity contribution in [3.05, 3.63) is 35.0 Å². The zero-order valence-electron chi connectivity index (χ0n) is 10.1. The maximum absolute atomic E-state index is 5.44. The van der Waals surface area contributed by atoms with Crippen molar-refractivity contribution in [2.24, 2.45) is 0 Å². The highest BCUT2D eigenvalue weighted by atomic mass is 16.5. The van der Waals surface area contributed by atoms with Crippen molar-refractivity contribution in [1.29, 1.82) is 0 Å². The average Bonchev–Trinajstić information content (AvgIpc) is 2.63. The fourth-order valence-electron chi connectivity index (χ4n) is 1.97. The van der Waals surface area contributed by atoms with Crippen LogP contribution in [0.3, 0.4) is 0 Å². The van der Waals surface area contributed by atoms with Gasteiger partial charge in [-0.05, 0) is 44.0 Å². The Morgan fingerprint density at radius 2 is 1.88 bits per heavy atom. The first kappa shape index (κ1) is 10.7. The van der Waals surface area contributed by atoms with Crippen molar-refractivity contribution in [1.82, 2.24) is 10.2 Å². The van der Waals surface area contributed by atoms with E-state index < -0.39 is 0 Å². The Morgan fingerprint density at radius 3 is 2.44 bits per heavy atom. The molecule has 84 valence electrons. The van der Waals surface area contributed by atoms with Crippen LogP contribution in [0.1, 0.15) is 16.8 Å². The smallest absolute Gasteiger partial charge is 0.131 e. The SMILES string of the molecule is COc1c(C)cc(C)cc1-c1cc(C)[nH]n1. The second-order valence-electron chi connectivity index (χ2n) is 4.10. The molecule has 2 rings (SSSR count). The molecule has 3 nitrogen and oxygen atoms in total. The predicted molar refractivity (Wildman–Crippen MR) is 64.8 cm³/mol. The van der Waals surface area contributed by atoms with Crippen molar-refractivity contribution < 1.29 is 4.74 Å². The summed E-state index contributed by atoms with van der Waals surface area (Å²) < 4.78 is 5.44. The minimum absolute atomic E-state index is 0.900. The molecule has 1 aromatic heterocycles. The van der Waals surface area contributed by atoms with Gasteiger partial charge in [-0.2, -0.15) is 5.10 Å². The lowest BCUT2D eigenvalue weighted by molar-refractivity contribution is 0.413. The van der Waals surface area contributed by atoms with E-state index in [0.29, 0.717) is 0 Å². The fourth-order valence-corrected chi connectivity index (χ4v) is 1.97. The number of aryl methyl sites for hydroxylation is 3. The average molecular weight is 216 g/mol. The van der Waals surface area contributed by atoms with Crippen molar-refractivity contribution in [2.45, 2.75) is 20.8 Å². The lowest BCUT2D eigenvalue weighted by atomic mass is 10.0. The van der Waals surface area contributed by atoms with Crippen molar-refractivity contribution >= 4 is 0 Å². The van der Waals surface area contributed by atoms with Gasteiger partial charge in [0.25, 0.3) is 0 Å².